The number of likely N-dealkylation sites (N-methyl/N-ethyl adjacent to an activating group) is 1. The summed E-state index contributed by atoms with van der Waals surface area (Å²) in [4.78, 5) is 13.7. The van der Waals surface area contributed by atoms with E-state index in [0.29, 0.717) is 4.39 Å². The molecule has 3 aromatic rings. The van der Waals surface area contributed by atoms with Crippen molar-refractivity contribution in [2.75, 3.05) is 7.05 Å². The van der Waals surface area contributed by atoms with E-state index in [2.05, 4.69) is 78.4 Å². The number of aliphatic carboxylic acids is 1. The second kappa shape index (κ2) is 6.48. The van der Waals surface area contributed by atoms with Gasteiger partial charge in [0, 0.05) is 22.7 Å². The second-order valence-corrected chi connectivity index (χ2v) is 8.93. The van der Waals surface area contributed by atoms with Crippen molar-refractivity contribution in [3.05, 3.63) is 87.7 Å². The molecule has 0 aromatic carbocycles. The molecular formula is C21H17BN2O2S2+. The van der Waals surface area contributed by atoms with E-state index in [1.165, 1.54) is 15.8 Å². The summed E-state index contributed by atoms with van der Waals surface area (Å²) in [6.45, 7) is 0. The Hall–Kier alpha value is -2.61. The van der Waals surface area contributed by atoms with Gasteiger partial charge in [-0.15, -0.1) is 22.7 Å². The summed E-state index contributed by atoms with van der Waals surface area (Å²) >= 11 is 3.46. The van der Waals surface area contributed by atoms with Crippen molar-refractivity contribution < 1.29 is 14.3 Å². The maximum absolute atomic E-state index is 11.2. The van der Waals surface area contributed by atoms with Crippen molar-refractivity contribution in [1.29, 1.82) is 0 Å². The summed E-state index contributed by atoms with van der Waals surface area (Å²) in [5.74, 6) is -0.940. The van der Waals surface area contributed by atoms with Gasteiger partial charge >= 0.3 is 13.5 Å². The number of nitrogens with zero attached hydrogens (tertiary/aromatic N) is 2. The first-order valence-electron chi connectivity index (χ1n) is 8.93. The van der Waals surface area contributed by atoms with Gasteiger partial charge in [-0.1, -0.05) is 12.1 Å². The summed E-state index contributed by atoms with van der Waals surface area (Å²) in [7, 11) is 4.44. The highest BCUT2D eigenvalue weighted by molar-refractivity contribution is 7.13. The minimum atomic E-state index is -0.940. The first-order chi connectivity index (χ1) is 13.6. The van der Waals surface area contributed by atoms with Crippen LogP contribution in [-0.4, -0.2) is 34.5 Å². The number of hydrogen-bond donors (Lipinski definition) is 1. The third-order valence-corrected chi connectivity index (χ3v) is 7.19. The highest BCUT2D eigenvalue weighted by atomic mass is 32.1. The van der Waals surface area contributed by atoms with Crippen LogP contribution >= 0.6 is 22.7 Å². The zero-order valence-electron chi connectivity index (χ0n) is 15.1. The van der Waals surface area contributed by atoms with Crippen molar-refractivity contribution in [2.45, 2.75) is 6.04 Å². The van der Waals surface area contributed by atoms with E-state index in [1.54, 1.807) is 28.7 Å². The number of carboxylic acids is 1. The van der Waals surface area contributed by atoms with Gasteiger partial charge in [0.05, 0.1) is 23.2 Å². The first-order valence-corrected chi connectivity index (χ1v) is 10.7. The Morgan fingerprint density at radius 1 is 1.18 bits per heavy atom. The highest BCUT2D eigenvalue weighted by Crippen LogP contribution is 2.47. The maximum atomic E-state index is 11.2. The monoisotopic (exact) mass is 404 g/mol. The van der Waals surface area contributed by atoms with Crippen molar-refractivity contribution >= 4 is 41.8 Å². The highest BCUT2D eigenvalue weighted by Gasteiger charge is 2.48. The summed E-state index contributed by atoms with van der Waals surface area (Å²) in [5.41, 5.74) is 4.20. The zero-order chi connectivity index (χ0) is 19.3. The van der Waals surface area contributed by atoms with E-state index >= 15 is 0 Å². The number of carbonyl (C=O) groups is 1. The van der Waals surface area contributed by atoms with Crippen LogP contribution in [-0.2, 0) is 4.79 Å². The lowest BCUT2D eigenvalue weighted by atomic mass is 9.89. The van der Waals surface area contributed by atoms with E-state index in [-0.39, 0.29) is 6.04 Å². The molecule has 0 saturated heterocycles. The van der Waals surface area contributed by atoms with Gasteiger partial charge in [0.15, 0.2) is 0 Å². The van der Waals surface area contributed by atoms with E-state index < -0.39 is 5.97 Å². The van der Waals surface area contributed by atoms with E-state index in [0.717, 1.165) is 22.7 Å². The zero-order valence-corrected chi connectivity index (χ0v) is 16.8. The Bertz CT molecular complexity index is 1140. The maximum Gasteiger partial charge on any atom is 0.609 e. The van der Waals surface area contributed by atoms with E-state index in [9.17, 15) is 9.90 Å². The molecule has 5 heterocycles. The lowest BCUT2D eigenvalue weighted by Gasteiger charge is -2.40. The Labute approximate surface area is 171 Å². The van der Waals surface area contributed by atoms with Crippen molar-refractivity contribution in [2.24, 2.45) is 0 Å². The molecule has 1 radical (unpaired) electrons. The van der Waals surface area contributed by atoms with Crippen molar-refractivity contribution in [3.63, 3.8) is 0 Å². The van der Waals surface area contributed by atoms with Crippen LogP contribution in [0.15, 0.2) is 77.2 Å². The number of hydrogen-bond acceptors (Lipinski definition) is 3. The molecule has 0 bridgehead atoms. The lowest BCUT2D eigenvalue weighted by Crippen LogP contribution is -2.51. The van der Waals surface area contributed by atoms with Crippen LogP contribution < -0.4 is 0 Å². The summed E-state index contributed by atoms with van der Waals surface area (Å²) in [5, 5.41) is 13.4. The van der Waals surface area contributed by atoms with Gasteiger partial charge in [0.25, 0.3) is 0 Å². The Balaban J connectivity index is 1.71. The molecule has 7 heteroatoms. The third-order valence-electron chi connectivity index (χ3n) is 5.36. The van der Waals surface area contributed by atoms with Crippen molar-refractivity contribution in [3.8, 4) is 10.6 Å². The molecule has 5 rings (SSSR count). The normalized spacial score (nSPS) is 23.1. The van der Waals surface area contributed by atoms with Gasteiger partial charge in [-0.3, -0.25) is 0 Å². The molecule has 2 aliphatic heterocycles. The fourth-order valence-corrected chi connectivity index (χ4v) is 5.74. The molecule has 0 aliphatic carbocycles. The van der Waals surface area contributed by atoms with Crippen LogP contribution in [0.25, 0.3) is 16.1 Å². The number of allylic oxidation sites excluding steroid dienone is 3. The molecular weight excluding hydrogens is 387 g/mol. The van der Waals surface area contributed by atoms with Crippen LogP contribution in [0, 0.1) is 0 Å². The standard InChI is InChI=1S/C21H17BN2O2S2/c1-24-17(9-10-18(24)20-5-3-13-28-20)14(6-11-21(25)26)15-7-8-16(23(15)22-24)19-4-2-12-27-19/h2-13,18H,1H3,(H,25,26)/q+1/b11-6+. The molecule has 4 nitrogen and oxygen atoms in total. The minimum absolute atomic E-state index is 0.176. The molecule has 3 aromatic heterocycles. The Morgan fingerprint density at radius 3 is 2.68 bits per heavy atom. The smallest absolute Gasteiger partial charge is 0.478 e. The van der Waals surface area contributed by atoms with Gasteiger partial charge in [-0.25, -0.2) is 4.79 Å². The van der Waals surface area contributed by atoms with Crippen LogP contribution in [0.3, 0.4) is 0 Å². The van der Waals surface area contributed by atoms with Crippen LogP contribution in [0.4, 0.5) is 0 Å². The SMILES string of the molecule is C[N+]12[B]n3c(ccc3-c3cccs3)C(/C=C/C(=O)O)=C1C=CC2c1cccs1. The quantitative estimate of drug-likeness (QED) is 0.502. The van der Waals surface area contributed by atoms with Gasteiger partial charge in [-0.05, 0) is 47.2 Å². The number of fused-ring (bicyclic) bond motifs is 2. The molecule has 0 saturated carbocycles. The third kappa shape index (κ3) is 2.58. The van der Waals surface area contributed by atoms with E-state index in [1.807, 2.05) is 0 Å². The summed E-state index contributed by atoms with van der Waals surface area (Å²) < 4.78 is 2.80. The molecule has 2 unspecified atom stereocenters. The van der Waals surface area contributed by atoms with Gasteiger partial charge in [0.2, 0.25) is 0 Å². The summed E-state index contributed by atoms with van der Waals surface area (Å²) in [6.07, 6.45) is 7.33. The predicted octanol–water partition coefficient (Wildman–Crippen LogP) is 4.78. The second-order valence-electron chi connectivity index (χ2n) is 7.00. The van der Waals surface area contributed by atoms with Gasteiger partial charge in [0.1, 0.15) is 11.7 Å². The average Bonchev–Trinajstić information content (AvgIpc) is 3.42. The Morgan fingerprint density at radius 2 is 1.96 bits per heavy atom. The number of aromatic nitrogens is 1. The van der Waals surface area contributed by atoms with Crippen LogP contribution in [0.5, 0.6) is 0 Å². The number of thiophene rings is 2. The minimum Gasteiger partial charge on any atom is -0.478 e. The molecule has 0 amide bonds. The predicted molar refractivity (Wildman–Crippen MR) is 115 cm³/mol. The van der Waals surface area contributed by atoms with Gasteiger partial charge in [-0.2, -0.15) is 0 Å². The molecule has 0 spiro atoms. The average molecular weight is 404 g/mol. The molecule has 2 atom stereocenters. The number of carboxylic acid groups (broad SMARTS) is 1. The Kier molecular flexibility index (Phi) is 4.05. The van der Waals surface area contributed by atoms with Crippen molar-refractivity contribution in [1.82, 2.24) is 4.48 Å². The molecule has 137 valence electrons. The molecule has 0 fully saturated rings. The molecule has 1 N–H and O–H groups in total. The van der Waals surface area contributed by atoms with Crippen LogP contribution in [0.2, 0.25) is 0 Å². The topological polar surface area (TPSA) is 42.2 Å². The van der Waals surface area contributed by atoms with E-state index in [4.69, 9.17) is 0 Å². The summed E-state index contributed by atoms with van der Waals surface area (Å²) in [6, 6.07) is 12.8. The number of rotatable bonds is 4. The fraction of sp³-hybridized carbons (Fsp3) is 0.0952. The first kappa shape index (κ1) is 17.5. The fourth-order valence-electron chi connectivity index (χ4n) is 4.09. The molecule has 2 aliphatic rings. The molecule has 28 heavy (non-hydrogen) atoms. The number of quaternary nitrogens is 1. The van der Waals surface area contributed by atoms with Crippen LogP contribution in [0.1, 0.15) is 16.6 Å². The lowest BCUT2D eigenvalue weighted by molar-refractivity contribution is -0.780. The van der Waals surface area contributed by atoms with Gasteiger partial charge < -0.3 is 14.0 Å². The largest absolute Gasteiger partial charge is 0.609 e.